The van der Waals surface area contributed by atoms with Gasteiger partial charge in [0.25, 0.3) is 0 Å². The molecule has 8 heteroatoms. The minimum absolute atomic E-state index is 0.207. The summed E-state index contributed by atoms with van der Waals surface area (Å²) < 4.78 is 18.0. The lowest BCUT2D eigenvalue weighted by Crippen LogP contribution is -2.46. The maximum Gasteiger partial charge on any atom is 0.699 e. The summed E-state index contributed by atoms with van der Waals surface area (Å²) in [7, 11) is -3.20. The van der Waals surface area contributed by atoms with Gasteiger partial charge >= 0.3 is 8.80 Å². The summed E-state index contributed by atoms with van der Waals surface area (Å²) in [5.41, 5.74) is 0. The Balaban J connectivity index is 5.60. The topological polar surface area (TPSA) is 27.7 Å². The lowest BCUT2D eigenvalue weighted by atomic mass is 10.5. The third-order valence-electron chi connectivity index (χ3n) is 2.62. The lowest BCUT2D eigenvalue weighted by Gasteiger charge is -2.31. The first-order valence-electron chi connectivity index (χ1n) is 6.81. The summed E-state index contributed by atoms with van der Waals surface area (Å²) in [5, 5.41) is 0. The molecule has 0 saturated carbocycles. The molecule has 0 aromatic heterocycles. The smallest absolute Gasteiger partial charge is 0.486 e. The molecular weight excluding hydrogens is 386 g/mol. The lowest BCUT2D eigenvalue weighted by molar-refractivity contribution is 0.145. The zero-order valence-corrected chi connectivity index (χ0v) is 17.0. The molecule has 3 nitrogen and oxygen atoms in total. The van der Waals surface area contributed by atoms with Crippen molar-refractivity contribution in [3.63, 3.8) is 0 Å². The van der Waals surface area contributed by atoms with E-state index in [1.807, 2.05) is 20.8 Å². The van der Waals surface area contributed by atoms with Gasteiger partial charge in [-0.2, -0.15) is 0 Å². The number of hydrogen-bond acceptors (Lipinski definition) is 3. The van der Waals surface area contributed by atoms with Gasteiger partial charge in [-0.15, -0.1) is 46.4 Å². The van der Waals surface area contributed by atoms with Gasteiger partial charge in [0.05, 0.1) is 41.0 Å². The van der Waals surface area contributed by atoms with E-state index in [2.05, 4.69) is 0 Å². The van der Waals surface area contributed by atoms with Gasteiger partial charge in [-0.1, -0.05) is 0 Å². The molecule has 128 valence electrons. The molecule has 0 saturated heterocycles. The monoisotopic (exact) mass is 406 g/mol. The molecule has 0 aliphatic heterocycles. The summed E-state index contributed by atoms with van der Waals surface area (Å²) in [6.45, 7) is 5.48. The molecule has 0 fully saturated rings. The van der Waals surface area contributed by atoms with E-state index >= 15 is 0 Å². The van der Waals surface area contributed by atoms with Crippen LogP contribution < -0.4 is 0 Å². The molecule has 0 unspecified atom stereocenters. The molecule has 0 atom stereocenters. The van der Waals surface area contributed by atoms with Gasteiger partial charge in [0.2, 0.25) is 0 Å². The van der Waals surface area contributed by atoms with Crippen LogP contribution in [0.1, 0.15) is 20.8 Å². The molecule has 0 rings (SSSR count). The molecule has 0 N–H and O–H groups in total. The van der Waals surface area contributed by atoms with Gasteiger partial charge < -0.3 is 13.3 Å². The molecule has 0 heterocycles. The van der Waals surface area contributed by atoms with Crippen molar-refractivity contribution in [1.82, 2.24) is 0 Å². The molecule has 0 bridgehead atoms. The maximum absolute atomic E-state index is 5.99. The molecule has 0 aliphatic rings. The van der Waals surface area contributed by atoms with Crippen LogP contribution in [0.2, 0.25) is 6.04 Å². The molecule has 0 amide bonds. The highest BCUT2D eigenvalue weighted by molar-refractivity contribution is 6.62. The second-order valence-corrected chi connectivity index (χ2v) is 7.75. The van der Waals surface area contributed by atoms with E-state index in [9.17, 15) is 0 Å². The molecule has 0 radical (unpaired) electrons. The van der Waals surface area contributed by atoms with E-state index in [1.165, 1.54) is 0 Å². The highest BCUT2D eigenvalue weighted by Crippen LogP contribution is 2.27. The zero-order valence-electron chi connectivity index (χ0n) is 13.0. The van der Waals surface area contributed by atoms with Crippen LogP contribution in [-0.2, 0) is 13.3 Å². The van der Waals surface area contributed by atoms with Crippen LogP contribution >= 0.6 is 46.4 Å². The Morgan fingerprint density at radius 2 is 1.05 bits per heavy atom. The quantitative estimate of drug-likeness (QED) is 0.252. The number of rotatable bonds is 11. The van der Waals surface area contributed by atoms with Gasteiger partial charge in [0, 0.05) is 5.88 Å². The van der Waals surface area contributed by atoms with Gasteiger partial charge in [-0.05, 0) is 39.0 Å². The van der Waals surface area contributed by atoms with E-state index in [1.54, 1.807) is 18.2 Å². The van der Waals surface area contributed by atoms with Crippen LogP contribution in [0.15, 0.2) is 35.5 Å². The van der Waals surface area contributed by atoms with E-state index in [4.69, 9.17) is 59.7 Å². The van der Waals surface area contributed by atoms with Gasteiger partial charge in [0.1, 0.15) is 0 Å². The summed E-state index contributed by atoms with van der Waals surface area (Å²) >= 11 is 23.6. The van der Waals surface area contributed by atoms with Crippen molar-refractivity contribution >= 4 is 55.2 Å². The third kappa shape index (κ3) is 7.51. The largest absolute Gasteiger partial charge is 0.699 e. The molecule has 0 aliphatic carbocycles. The average Bonchev–Trinajstić information content (AvgIpc) is 2.55. The van der Waals surface area contributed by atoms with Crippen LogP contribution in [0.5, 0.6) is 0 Å². The van der Waals surface area contributed by atoms with Crippen molar-refractivity contribution in [3.05, 3.63) is 35.5 Å². The summed E-state index contributed by atoms with van der Waals surface area (Å²) in [6.07, 6.45) is 5.30. The molecule has 22 heavy (non-hydrogen) atoms. The predicted octanol–water partition coefficient (Wildman–Crippen LogP) is 5.64. The summed E-state index contributed by atoms with van der Waals surface area (Å²) in [5.74, 6) is 2.62. The minimum atomic E-state index is -3.20. The standard InChI is InChI=1S/C14H22Cl4O3Si/c1-4-12(9-16)19-22(8-7-15,20-13(5-2)10-17)21-14(6-3)11-18/h4-6H,7-11H2,1-3H3. The minimum Gasteiger partial charge on any atom is -0.486 e. The van der Waals surface area contributed by atoms with E-state index in [0.29, 0.717) is 29.2 Å². The number of hydrogen-bond donors (Lipinski definition) is 0. The SMILES string of the molecule is CC=C(CCl)O[Si](CCCl)(OC(=CC)CCl)OC(=CC)CCl. The number of alkyl halides is 4. The van der Waals surface area contributed by atoms with Crippen molar-refractivity contribution in [2.24, 2.45) is 0 Å². The Morgan fingerprint density at radius 1 is 0.727 bits per heavy atom. The highest BCUT2D eigenvalue weighted by atomic mass is 35.5. The second-order valence-electron chi connectivity index (χ2n) is 4.09. The zero-order chi connectivity index (χ0) is 17.0. The second kappa shape index (κ2) is 12.4. The van der Waals surface area contributed by atoms with E-state index < -0.39 is 8.80 Å². The number of halogens is 4. The van der Waals surface area contributed by atoms with Crippen LogP contribution in [0.3, 0.4) is 0 Å². The van der Waals surface area contributed by atoms with Gasteiger partial charge in [-0.3, -0.25) is 0 Å². The van der Waals surface area contributed by atoms with Crippen LogP contribution in [-0.4, -0.2) is 32.3 Å². The Labute approximate surface area is 154 Å². The predicted molar refractivity (Wildman–Crippen MR) is 98.0 cm³/mol. The Hall–Kier alpha value is -0.00312. The fourth-order valence-corrected chi connectivity index (χ4v) is 5.45. The van der Waals surface area contributed by atoms with Crippen molar-refractivity contribution in [3.8, 4) is 0 Å². The van der Waals surface area contributed by atoms with E-state index in [-0.39, 0.29) is 17.6 Å². The van der Waals surface area contributed by atoms with Crippen molar-refractivity contribution in [2.45, 2.75) is 26.8 Å². The fourth-order valence-electron chi connectivity index (χ4n) is 1.42. The first kappa shape index (κ1) is 22.0. The third-order valence-corrected chi connectivity index (χ3v) is 6.50. The number of allylic oxidation sites excluding steroid dienone is 6. The Kier molecular flexibility index (Phi) is 12.4. The van der Waals surface area contributed by atoms with Gasteiger partial charge in [-0.25, -0.2) is 0 Å². The van der Waals surface area contributed by atoms with Gasteiger partial charge in [0.15, 0.2) is 0 Å². The van der Waals surface area contributed by atoms with Crippen LogP contribution in [0, 0.1) is 0 Å². The first-order chi connectivity index (χ1) is 10.5. The summed E-state index contributed by atoms with van der Waals surface area (Å²) in [6, 6.07) is 0.394. The van der Waals surface area contributed by atoms with Crippen molar-refractivity contribution < 1.29 is 13.3 Å². The molecule has 0 spiro atoms. The summed E-state index contributed by atoms with van der Waals surface area (Å²) in [4.78, 5) is 0. The molecule has 0 aromatic carbocycles. The maximum atomic E-state index is 5.99. The van der Waals surface area contributed by atoms with Crippen molar-refractivity contribution in [1.29, 1.82) is 0 Å². The van der Waals surface area contributed by atoms with E-state index in [0.717, 1.165) is 0 Å². The molecular formula is C14H22Cl4O3Si. The molecule has 0 aromatic rings. The Morgan fingerprint density at radius 3 is 1.23 bits per heavy atom. The Bertz CT molecular complexity index is 356. The van der Waals surface area contributed by atoms with Crippen LogP contribution in [0.25, 0.3) is 0 Å². The normalized spacial score (nSPS) is 16.2. The van der Waals surface area contributed by atoms with Crippen molar-refractivity contribution in [2.75, 3.05) is 23.5 Å². The van der Waals surface area contributed by atoms with Crippen LogP contribution in [0.4, 0.5) is 0 Å². The average molecular weight is 408 g/mol. The fraction of sp³-hybridized carbons (Fsp3) is 0.571. The first-order valence-corrected chi connectivity index (χ1v) is 10.9. The highest BCUT2D eigenvalue weighted by Gasteiger charge is 2.49.